The van der Waals surface area contributed by atoms with E-state index in [0.29, 0.717) is 18.5 Å². The van der Waals surface area contributed by atoms with Gasteiger partial charge in [0.15, 0.2) is 0 Å². The van der Waals surface area contributed by atoms with Crippen molar-refractivity contribution >= 4 is 29.7 Å². The van der Waals surface area contributed by atoms with Crippen molar-refractivity contribution in [2.45, 2.75) is 49.9 Å². The third kappa shape index (κ3) is 6.49. The van der Waals surface area contributed by atoms with Crippen molar-refractivity contribution in [2.24, 2.45) is 5.73 Å². The summed E-state index contributed by atoms with van der Waals surface area (Å²) in [7, 11) is 0. The molecule has 14 nitrogen and oxygen atoms in total. The second-order valence-electron chi connectivity index (χ2n) is 7.32. The van der Waals surface area contributed by atoms with E-state index >= 15 is 0 Å². The molecule has 1 aromatic rings. The molecule has 176 valence electrons. The first-order valence-corrected chi connectivity index (χ1v) is 9.83. The Morgan fingerprint density at radius 1 is 1.22 bits per heavy atom. The highest BCUT2D eigenvalue weighted by molar-refractivity contribution is 5.95. The molecule has 0 bridgehead atoms. The fraction of sp³-hybridized carbons (Fsp3) is 0.556. The molecule has 1 aromatic heterocycles. The number of amides is 3. The minimum atomic E-state index is -1.74. The van der Waals surface area contributed by atoms with Gasteiger partial charge in [-0.25, -0.2) is 9.78 Å². The number of carbonyl (C=O) groups is 5. The third-order valence-electron chi connectivity index (χ3n) is 4.96. The quantitative estimate of drug-likeness (QED) is 0.177. The van der Waals surface area contributed by atoms with Gasteiger partial charge in [-0.3, -0.25) is 19.2 Å². The average molecular weight is 454 g/mol. The molecule has 2 heterocycles. The van der Waals surface area contributed by atoms with Gasteiger partial charge < -0.3 is 41.6 Å². The minimum Gasteiger partial charge on any atom is -0.481 e. The summed E-state index contributed by atoms with van der Waals surface area (Å²) >= 11 is 0. The molecule has 4 unspecified atom stereocenters. The fourth-order valence-electron chi connectivity index (χ4n) is 3.35. The second kappa shape index (κ2) is 11.2. The van der Waals surface area contributed by atoms with Gasteiger partial charge in [-0.05, 0) is 12.8 Å². The number of aliphatic carboxylic acids is 2. The number of hydrogen-bond acceptors (Lipinski definition) is 8. The van der Waals surface area contributed by atoms with E-state index in [1.165, 1.54) is 17.4 Å². The van der Waals surface area contributed by atoms with E-state index in [1.54, 1.807) is 0 Å². The number of likely N-dealkylation sites (tertiary alicyclic amines) is 1. The monoisotopic (exact) mass is 454 g/mol. The number of nitrogens with one attached hydrogen (secondary N) is 3. The Morgan fingerprint density at radius 2 is 1.94 bits per heavy atom. The van der Waals surface area contributed by atoms with Crippen LogP contribution in [0.1, 0.15) is 25.0 Å². The molecule has 0 saturated carbocycles. The zero-order chi connectivity index (χ0) is 23.8. The Labute approximate surface area is 182 Å². The van der Waals surface area contributed by atoms with Crippen molar-refractivity contribution < 1.29 is 39.3 Å². The number of aromatic nitrogens is 2. The Morgan fingerprint density at radius 3 is 2.50 bits per heavy atom. The molecule has 32 heavy (non-hydrogen) atoms. The molecule has 4 atom stereocenters. The first kappa shape index (κ1) is 24.7. The Balaban J connectivity index is 2.00. The standard InChI is InChI=1S/C18H26N6O8/c19-10(4-9-6-20-8-21-9)17(30)24-3-1-2-13(24)16(29)23-12(7-25)15(28)22-11(18(31)32)5-14(26)27/h6,8,10-13,25H,1-5,7,19H2,(H,20,21)(H,22,28)(H,23,29)(H,26,27)(H,31,32). The molecule has 2 rings (SSSR count). The highest BCUT2D eigenvalue weighted by Gasteiger charge is 2.38. The van der Waals surface area contributed by atoms with Gasteiger partial charge >= 0.3 is 11.9 Å². The van der Waals surface area contributed by atoms with Crippen LogP contribution in [0.4, 0.5) is 0 Å². The summed E-state index contributed by atoms with van der Waals surface area (Å²) in [6.07, 6.45) is 3.11. The highest BCUT2D eigenvalue weighted by atomic mass is 16.4. The van der Waals surface area contributed by atoms with Crippen LogP contribution < -0.4 is 16.4 Å². The number of hydrogen-bond donors (Lipinski definition) is 7. The number of H-pyrrole nitrogens is 1. The van der Waals surface area contributed by atoms with Crippen LogP contribution in [-0.4, -0.2) is 97.2 Å². The number of rotatable bonds is 11. The van der Waals surface area contributed by atoms with Crippen molar-refractivity contribution in [1.82, 2.24) is 25.5 Å². The Hall–Kier alpha value is -3.52. The lowest BCUT2D eigenvalue weighted by Gasteiger charge is -2.28. The predicted octanol–water partition coefficient (Wildman–Crippen LogP) is -3.21. The van der Waals surface area contributed by atoms with E-state index in [9.17, 15) is 29.1 Å². The van der Waals surface area contributed by atoms with Gasteiger partial charge in [0.1, 0.15) is 18.1 Å². The maximum Gasteiger partial charge on any atom is 0.326 e. The molecule has 1 fully saturated rings. The molecule has 8 N–H and O–H groups in total. The molecule has 3 amide bonds. The molecule has 1 saturated heterocycles. The molecule has 0 aliphatic carbocycles. The summed E-state index contributed by atoms with van der Waals surface area (Å²) in [5.74, 6) is -5.28. The van der Waals surface area contributed by atoms with E-state index in [0.717, 1.165) is 0 Å². The van der Waals surface area contributed by atoms with Gasteiger partial charge in [-0.2, -0.15) is 0 Å². The van der Waals surface area contributed by atoms with Crippen LogP contribution in [0.3, 0.4) is 0 Å². The van der Waals surface area contributed by atoms with Crippen molar-refractivity contribution in [3.8, 4) is 0 Å². The number of nitrogens with zero attached hydrogens (tertiary/aromatic N) is 2. The third-order valence-corrected chi connectivity index (χ3v) is 4.96. The first-order valence-electron chi connectivity index (χ1n) is 9.83. The predicted molar refractivity (Wildman–Crippen MR) is 106 cm³/mol. The first-order chi connectivity index (χ1) is 15.1. The Bertz CT molecular complexity index is 845. The topological polar surface area (TPSA) is 228 Å². The summed E-state index contributed by atoms with van der Waals surface area (Å²) in [6.45, 7) is -0.583. The lowest BCUT2D eigenvalue weighted by Crippen LogP contribution is -2.57. The highest BCUT2D eigenvalue weighted by Crippen LogP contribution is 2.19. The number of imidazole rings is 1. The van der Waals surface area contributed by atoms with Gasteiger partial charge in [-0.15, -0.1) is 0 Å². The second-order valence-corrected chi connectivity index (χ2v) is 7.32. The number of carboxylic acids is 2. The smallest absolute Gasteiger partial charge is 0.326 e. The maximum absolute atomic E-state index is 12.7. The molecule has 1 aliphatic heterocycles. The summed E-state index contributed by atoms with van der Waals surface area (Å²) in [4.78, 5) is 67.6. The Kier molecular flexibility index (Phi) is 8.66. The van der Waals surface area contributed by atoms with Crippen molar-refractivity contribution in [3.05, 3.63) is 18.2 Å². The lowest BCUT2D eigenvalue weighted by atomic mass is 10.1. The van der Waals surface area contributed by atoms with Crippen molar-refractivity contribution in [1.29, 1.82) is 0 Å². The molecule has 0 radical (unpaired) electrons. The van der Waals surface area contributed by atoms with Gasteiger partial charge in [-0.1, -0.05) is 0 Å². The molecule has 0 spiro atoms. The van der Waals surface area contributed by atoms with Crippen LogP contribution >= 0.6 is 0 Å². The van der Waals surface area contributed by atoms with Gasteiger partial charge in [0.05, 0.1) is 25.4 Å². The van der Waals surface area contributed by atoms with E-state index in [1.807, 2.05) is 5.32 Å². The minimum absolute atomic E-state index is 0.186. The number of aliphatic hydroxyl groups excluding tert-OH is 1. The number of aromatic amines is 1. The van der Waals surface area contributed by atoms with E-state index < -0.39 is 66.9 Å². The number of carboxylic acid groups (broad SMARTS) is 2. The SMILES string of the molecule is NC(Cc1cnc[nH]1)C(=O)N1CCCC1C(=O)NC(CO)C(=O)NC(CC(=O)O)C(=O)O. The van der Waals surface area contributed by atoms with E-state index in [2.05, 4.69) is 15.3 Å². The lowest BCUT2D eigenvalue weighted by molar-refractivity contribution is -0.147. The van der Waals surface area contributed by atoms with Crippen LogP contribution in [0.2, 0.25) is 0 Å². The summed E-state index contributed by atoms with van der Waals surface area (Å²) in [5, 5.41) is 31.5. The maximum atomic E-state index is 12.7. The number of aliphatic hydroxyl groups is 1. The number of carbonyl (C=O) groups excluding carboxylic acids is 3. The number of nitrogens with two attached hydrogens (primary N) is 1. The van der Waals surface area contributed by atoms with Crippen molar-refractivity contribution in [2.75, 3.05) is 13.2 Å². The largest absolute Gasteiger partial charge is 0.481 e. The van der Waals surface area contributed by atoms with Gasteiger partial charge in [0, 0.05) is 24.9 Å². The molecule has 0 aromatic carbocycles. The van der Waals surface area contributed by atoms with Crippen LogP contribution in [-0.2, 0) is 30.4 Å². The molecule has 1 aliphatic rings. The van der Waals surface area contributed by atoms with Crippen LogP contribution in [0.15, 0.2) is 12.5 Å². The fourth-order valence-corrected chi connectivity index (χ4v) is 3.35. The molecular formula is C18H26N6O8. The summed E-state index contributed by atoms with van der Waals surface area (Å²) < 4.78 is 0. The van der Waals surface area contributed by atoms with Crippen LogP contribution in [0.25, 0.3) is 0 Å². The van der Waals surface area contributed by atoms with Crippen molar-refractivity contribution in [3.63, 3.8) is 0 Å². The van der Waals surface area contributed by atoms with E-state index in [-0.39, 0.29) is 13.0 Å². The summed E-state index contributed by atoms with van der Waals surface area (Å²) in [5.41, 5.74) is 6.62. The van der Waals surface area contributed by atoms with Gasteiger partial charge in [0.25, 0.3) is 0 Å². The normalized spacial score (nSPS) is 18.4. The van der Waals surface area contributed by atoms with Crippen LogP contribution in [0.5, 0.6) is 0 Å². The van der Waals surface area contributed by atoms with Gasteiger partial charge in [0.2, 0.25) is 17.7 Å². The van der Waals surface area contributed by atoms with Crippen LogP contribution in [0, 0.1) is 0 Å². The molecular weight excluding hydrogens is 428 g/mol. The van der Waals surface area contributed by atoms with E-state index in [4.69, 9.17) is 15.9 Å². The zero-order valence-electron chi connectivity index (χ0n) is 17.1. The summed E-state index contributed by atoms with van der Waals surface area (Å²) in [6, 6.07) is -5.12. The average Bonchev–Trinajstić information content (AvgIpc) is 3.42. The zero-order valence-corrected chi connectivity index (χ0v) is 17.1. The molecule has 14 heteroatoms.